The second kappa shape index (κ2) is 4.07. The summed E-state index contributed by atoms with van der Waals surface area (Å²) < 4.78 is 1.62. The van der Waals surface area contributed by atoms with Crippen LogP contribution in [0.1, 0.15) is 26.5 Å². The summed E-state index contributed by atoms with van der Waals surface area (Å²) in [4.78, 5) is 12.2. The van der Waals surface area contributed by atoms with Crippen molar-refractivity contribution in [2.75, 3.05) is 0 Å². The van der Waals surface area contributed by atoms with E-state index in [-0.39, 0.29) is 5.56 Å². The van der Waals surface area contributed by atoms with Crippen molar-refractivity contribution in [2.45, 2.75) is 13.8 Å². The molecule has 0 fully saturated rings. The zero-order chi connectivity index (χ0) is 12.6. The Kier molecular flexibility index (Phi) is 2.74. The van der Waals surface area contributed by atoms with Crippen molar-refractivity contribution in [3.63, 3.8) is 0 Å². The zero-order valence-corrected chi connectivity index (χ0v) is 10.2. The molecular weight excluding hydrogens is 236 g/mol. The van der Waals surface area contributed by atoms with Gasteiger partial charge in [0.1, 0.15) is 16.8 Å². The van der Waals surface area contributed by atoms with E-state index in [1.165, 1.54) is 11.3 Å². The number of hydrogen-bond acceptors (Lipinski definition) is 3. The van der Waals surface area contributed by atoms with Gasteiger partial charge < -0.3 is 5.11 Å². The molecule has 2 heterocycles. The highest BCUT2D eigenvalue weighted by Gasteiger charge is 2.20. The molecule has 0 unspecified atom stereocenters. The van der Waals surface area contributed by atoms with Crippen LogP contribution in [0.15, 0.2) is 18.3 Å². The molecular formula is C12H10N2O2S. The van der Waals surface area contributed by atoms with Crippen molar-refractivity contribution in [1.29, 1.82) is 5.26 Å². The summed E-state index contributed by atoms with van der Waals surface area (Å²) in [5, 5.41) is 18.8. The maximum atomic E-state index is 11.3. The van der Waals surface area contributed by atoms with Gasteiger partial charge in [0.05, 0.1) is 5.56 Å². The summed E-state index contributed by atoms with van der Waals surface area (Å²) >= 11 is 1.39. The van der Waals surface area contributed by atoms with E-state index in [0.29, 0.717) is 10.7 Å². The van der Waals surface area contributed by atoms with E-state index in [2.05, 4.69) is 0 Å². The largest absolute Gasteiger partial charge is 0.478 e. The molecule has 5 heteroatoms. The third-order valence-corrected chi connectivity index (χ3v) is 3.87. The molecule has 0 bridgehead atoms. The van der Waals surface area contributed by atoms with E-state index in [9.17, 15) is 9.90 Å². The summed E-state index contributed by atoms with van der Waals surface area (Å²) in [5.74, 6) is -0.959. The van der Waals surface area contributed by atoms with Crippen LogP contribution in [-0.4, -0.2) is 15.6 Å². The summed E-state index contributed by atoms with van der Waals surface area (Å²) in [6, 6.07) is 5.44. The van der Waals surface area contributed by atoms with Crippen LogP contribution in [-0.2, 0) is 0 Å². The van der Waals surface area contributed by atoms with Crippen LogP contribution in [0.2, 0.25) is 0 Å². The molecule has 2 aromatic heterocycles. The molecule has 1 N–H and O–H groups in total. The van der Waals surface area contributed by atoms with Crippen molar-refractivity contribution in [3.05, 3.63) is 40.0 Å². The minimum absolute atomic E-state index is 0.278. The summed E-state index contributed by atoms with van der Waals surface area (Å²) in [6.45, 7) is 3.67. The Morgan fingerprint density at radius 3 is 2.82 bits per heavy atom. The highest BCUT2D eigenvalue weighted by Crippen LogP contribution is 2.31. The molecule has 86 valence electrons. The maximum Gasteiger partial charge on any atom is 0.339 e. The minimum Gasteiger partial charge on any atom is -0.478 e. The van der Waals surface area contributed by atoms with Crippen LogP contribution >= 0.6 is 11.3 Å². The second-order valence-electron chi connectivity index (χ2n) is 3.64. The highest BCUT2D eigenvalue weighted by molar-refractivity contribution is 7.15. The monoisotopic (exact) mass is 246 g/mol. The average molecular weight is 246 g/mol. The van der Waals surface area contributed by atoms with E-state index in [0.717, 1.165) is 10.4 Å². The van der Waals surface area contributed by atoms with Gasteiger partial charge in [-0.25, -0.2) is 4.79 Å². The molecule has 0 saturated carbocycles. The molecule has 4 nitrogen and oxygen atoms in total. The summed E-state index contributed by atoms with van der Waals surface area (Å²) in [5.41, 5.74) is 1.48. The number of carboxylic acid groups (broad SMARTS) is 1. The molecule has 0 amide bonds. The molecule has 0 aliphatic carbocycles. The number of carboxylic acids is 1. The Labute approximate surface area is 102 Å². The number of aromatic carboxylic acids is 1. The number of nitrogens with zero attached hydrogens (tertiary/aromatic N) is 2. The van der Waals surface area contributed by atoms with Gasteiger partial charge in [-0.1, -0.05) is 0 Å². The number of rotatable bonds is 2. The molecule has 0 aliphatic rings. The average Bonchev–Trinajstić information content (AvgIpc) is 2.84. The molecule has 2 rings (SSSR count). The normalized spacial score (nSPS) is 10.2. The lowest BCUT2D eigenvalue weighted by molar-refractivity contribution is 0.0696. The minimum atomic E-state index is -0.959. The van der Waals surface area contributed by atoms with E-state index < -0.39 is 5.97 Å². The van der Waals surface area contributed by atoms with Gasteiger partial charge in [-0.15, -0.1) is 11.3 Å². The summed E-state index contributed by atoms with van der Waals surface area (Å²) in [7, 11) is 0. The Bertz CT molecular complexity index is 631. The lowest BCUT2D eigenvalue weighted by Crippen LogP contribution is -2.04. The molecule has 0 aliphatic heterocycles. The number of carbonyl (C=O) groups is 1. The van der Waals surface area contributed by atoms with Crippen LogP contribution < -0.4 is 0 Å². The van der Waals surface area contributed by atoms with E-state index in [1.54, 1.807) is 29.8 Å². The standard InChI is InChI=1S/C12H10N2O2S/c1-7-8(2)17-11(10(7)12(15)16)14-5-3-4-9(14)6-13/h3-5H,1-2H3,(H,15,16). The van der Waals surface area contributed by atoms with Crippen molar-refractivity contribution < 1.29 is 9.90 Å². The number of thiophene rings is 1. The van der Waals surface area contributed by atoms with Gasteiger partial charge in [0, 0.05) is 11.1 Å². The van der Waals surface area contributed by atoms with Crippen LogP contribution in [0.25, 0.3) is 5.00 Å². The fraction of sp³-hybridized carbons (Fsp3) is 0.167. The zero-order valence-electron chi connectivity index (χ0n) is 9.39. The first-order valence-electron chi connectivity index (χ1n) is 4.97. The molecule has 0 spiro atoms. The van der Waals surface area contributed by atoms with Gasteiger partial charge in [0.15, 0.2) is 0 Å². The van der Waals surface area contributed by atoms with Gasteiger partial charge in [-0.3, -0.25) is 4.57 Å². The van der Waals surface area contributed by atoms with E-state index in [4.69, 9.17) is 5.26 Å². The first kappa shape index (κ1) is 11.4. The van der Waals surface area contributed by atoms with E-state index in [1.807, 2.05) is 13.0 Å². The van der Waals surface area contributed by atoms with Crippen molar-refractivity contribution >= 4 is 17.3 Å². The molecule has 17 heavy (non-hydrogen) atoms. The quantitative estimate of drug-likeness (QED) is 0.886. The lowest BCUT2D eigenvalue weighted by atomic mass is 10.1. The van der Waals surface area contributed by atoms with Gasteiger partial charge >= 0.3 is 5.97 Å². The number of aryl methyl sites for hydroxylation is 1. The van der Waals surface area contributed by atoms with Crippen LogP contribution in [0.3, 0.4) is 0 Å². The van der Waals surface area contributed by atoms with Crippen molar-refractivity contribution in [3.8, 4) is 11.1 Å². The van der Waals surface area contributed by atoms with Crippen LogP contribution in [0.5, 0.6) is 0 Å². The topological polar surface area (TPSA) is 66.0 Å². The molecule has 0 atom stereocenters. The van der Waals surface area contributed by atoms with Crippen molar-refractivity contribution in [1.82, 2.24) is 4.57 Å². The molecule has 0 radical (unpaired) electrons. The van der Waals surface area contributed by atoms with Crippen LogP contribution in [0.4, 0.5) is 0 Å². The highest BCUT2D eigenvalue weighted by atomic mass is 32.1. The second-order valence-corrected chi connectivity index (χ2v) is 4.85. The Morgan fingerprint density at radius 1 is 1.53 bits per heavy atom. The fourth-order valence-electron chi connectivity index (χ4n) is 1.68. The smallest absolute Gasteiger partial charge is 0.339 e. The Hall–Kier alpha value is -2.06. The SMILES string of the molecule is Cc1sc(-n2cccc2C#N)c(C(=O)O)c1C. The maximum absolute atomic E-state index is 11.3. The Balaban J connectivity index is 2.73. The molecule has 0 saturated heterocycles. The molecule has 2 aromatic rings. The first-order chi connectivity index (χ1) is 8.06. The number of hydrogen-bond donors (Lipinski definition) is 1. The van der Waals surface area contributed by atoms with Gasteiger partial charge in [0.2, 0.25) is 0 Å². The lowest BCUT2D eigenvalue weighted by Gasteiger charge is -2.03. The first-order valence-corrected chi connectivity index (χ1v) is 5.79. The third kappa shape index (κ3) is 1.73. The number of aromatic nitrogens is 1. The predicted octanol–water partition coefficient (Wildman–Crippen LogP) is 2.73. The van der Waals surface area contributed by atoms with Crippen molar-refractivity contribution in [2.24, 2.45) is 0 Å². The van der Waals surface area contributed by atoms with Crippen LogP contribution in [0, 0.1) is 25.2 Å². The van der Waals surface area contributed by atoms with Gasteiger partial charge in [-0.2, -0.15) is 5.26 Å². The number of nitriles is 1. The fourth-order valence-corrected chi connectivity index (χ4v) is 2.82. The van der Waals surface area contributed by atoms with E-state index >= 15 is 0 Å². The summed E-state index contributed by atoms with van der Waals surface area (Å²) in [6.07, 6.45) is 1.70. The molecule has 0 aromatic carbocycles. The third-order valence-electron chi connectivity index (χ3n) is 2.66. The van der Waals surface area contributed by atoms with Gasteiger partial charge in [0.25, 0.3) is 0 Å². The Morgan fingerprint density at radius 2 is 2.24 bits per heavy atom. The van der Waals surface area contributed by atoms with Gasteiger partial charge in [-0.05, 0) is 31.5 Å². The predicted molar refractivity (Wildman–Crippen MR) is 64.8 cm³/mol.